The van der Waals surface area contributed by atoms with Gasteiger partial charge in [-0.25, -0.2) is 13.4 Å². The number of pyridine rings is 1. The molecule has 2 aromatic rings. The highest BCUT2D eigenvalue weighted by Gasteiger charge is 2.62. The number of benzene rings is 1. The predicted molar refractivity (Wildman–Crippen MR) is 202 cm³/mol. The number of sulfonamides is 1. The van der Waals surface area contributed by atoms with E-state index in [4.69, 9.17) is 19.2 Å². The molecule has 2 bridgehead atoms. The lowest BCUT2D eigenvalue weighted by molar-refractivity contribution is -0.153. The molecule has 3 amide bonds. The Balaban J connectivity index is 1.13. The molecule has 2 N–H and O–H groups in total. The van der Waals surface area contributed by atoms with Gasteiger partial charge < -0.3 is 24.4 Å². The fraction of sp³-hybridized carbons (Fsp3) is 0.634. The summed E-state index contributed by atoms with van der Waals surface area (Å²) < 4.78 is 46.4. The summed E-state index contributed by atoms with van der Waals surface area (Å²) in [5.41, 5.74) is 0.00388. The lowest BCUT2D eigenvalue weighted by atomic mass is 9.86. The smallest absolute Gasteiger partial charge is 0.306 e. The number of methoxy groups -OCH3 is 1. The van der Waals surface area contributed by atoms with E-state index in [-0.39, 0.29) is 49.7 Å². The fourth-order valence-corrected chi connectivity index (χ4v) is 10.6. The summed E-state index contributed by atoms with van der Waals surface area (Å²) in [6, 6.07) is 6.64. The number of amides is 3. The van der Waals surface area contributed by atoms with E-state index >= 15 is 0 Å². The monoisotopic (exact) mass is 776 g/mol. The van der Waals surface area contributed by atoms with Crippen molar-refractivity contribution in [1.29, 1.82) is 0 Å². The molecule has 5 fully saturated rings. The topological polar surface area (TPSA) is 170 Å². The molecule has 0 unspecified atom stereocenters. The second-order valence-electron chi connectivity index (χ2n) is 16.6. The van der Waals surface area contributed by atoms with Crippen molar-refractivity contribution in [3.63, 3.8) is 0 Å². The number of nitrogens with one attached hydrogen (secondary N) is 2. The van der Waals surface area contributed by atoms with Crippen molar-refractivity contribution in [2.24, 2.45) is 23.7 Å². The summed E-state index contributed by atoms with van der Waals surface area (Å²) >= 11 is 0. The molecular formula is C41H52N4O9S. The van der Waals surface area contributed by atoms with Crippen LogP contribution in [0.25, 0.3) is 10.9 Å². The van der Waals surface area contributed by atoms with E-state index in [0.717, 1.165) is 68.7 Å². The van der Waals surface area contributed by atoms with Crippen molar-refractivity contribution in [2.45, 2.75) is 125 Å². The standard InChI is InChI=1S/C41H52N4O9S/c1-3-26-22-41(26,40(49)44-55(50,51)28-17-18-28)43-37(47)33-20-27-23-45(33)39(48)31(24-11-7-8-12-24)21-35(46)54-34-19-25(34)13-5-4-6-15-30-36(52-2)29-14-9-10-16-32(29)42-38(30)53-27/h3,9-10,14,16,24-28,31,33-34H,1,4-8,11-13,15,17-23H2,2H3,(H,43,47)(H,44,49)/t25-,26-,27-,31+,33+,34-,41-/m1/s1. The summed E-state index contributed by atoms with van der Waals surface area (Å²) in [6.07, 6.45) is 10.7. The first-order valence-electron chi connectivity index (χ1n) is 20.1. The Morgan fingerprint density at radius 1 is 1.00 bits per heavy atom. The van der Waals surface area contributed by atoms with E-state index in [1.165, 1.54) is 11.0 Å². The average molecular weight is 777 g/mol. The summed E-state index contributed by atoms with van der Waals surface area (Å²) in [5.74, 6) is -1.92. The molecule has 0 spiro atoms. The number of nitrogens with zero attached hydrogens (tertiary/aromatic N) is 2. The van der Waals surface area contributed by atoms with E-state index < -0.39 is 56.6 Å². The number of para-hydroxylation sites is 1. The third-order valence-electron chi connectivity index (χ3n) is 12.8. The molecule has 6 aliphatic rings. The van der Waals surface area contributed by atoms with E-state index in [9.17, 15) is 27.6 Å². The van der Waals surface area contributed by atoms with Crippen molar-refractivity contribution in [1.82, 2.24) is 19.9 Å². The van der Waals surface area contributed by atoms with Crippen LogP contribution in [0.5, 0.6) is 11.6 Å². The first kappa shape index (κ1) is 37.7. The van der Waals surface area contributed by atoms with Crippen molar-refractivity contribution in [3.8, 4) is 11.6 Å². The van der Waals surface area contributed by atoms with Crippen LogP contribution in [-0.2, 0) is 40.4 Å². The maximum Gasteiger partial charge on any atom is 0.306 e. The molecular weight excluding hydrogens is 725 g/mol. The van der Waals surface area contributed by atoms with Gasteiger partial charge in [-0.15, -0.1) is 6.58 Å². The van der Waals surface area contributed by atoms with Crippen LogP contribution < -0.4 is 19.5 Å². The number of carbonyl (C=O) groups is 4. The predicted octanol–water partition coefficient (Wildman–Crippen LogP) is 4.51. The minimum absolute atomic E-state index is 0.0410. The van der Waals surface area contributed by atoms with Crippen molar-refractivity contribution in [2.75, 3.05) is 13.7 Å². The second-order valence-corrected chi connectivity index (χ2v) is 18.5. The molecule has 55 heavy (non-hydrogen) atoms. The molecule has 13 nitrogen and oxygen atoms in total. The molecule has 1 saturated heterocycles. The Morgan fingerprint density at radius 2 is 1.75 bits per heavy atom. The minimum atomic E-state index is -3.88. The summed E-state index contributed by atoms with van der Waals surface area (Å²) in [5, 5.41) is 3.12. The minimum Gasteiger partial charge on any atom is -0.496 e. The van der Waals surface area contributed by atoms with E-state index in [1.807, 2.05) is 24.3 Å². The highest BCUT2D eigenvalue weighted by molar-refractivity contribution is 7.91. The highest BCUT2D eigenvalue weighted by atomic mass is 32.2. The van der Waals surface area contributed by atoms with E-state index in [0.29, 0.717) is 42.3 Å². The number of carbonyl (C=O) groups excluding carboxylic acids is 4. The largest absolute Gasteiger partial charge is 0.496 e. The number of ether oxygens (including phenoxy) is 3. The molecule has 1 aromatic carbocycles. The van der Waals surface area contributed by atoms with Gasteiger partial charge in [0.25, 0.3) is 5.91 Å². The van der Waals surface area contributed by atoms with Gasteiger partial charge in [0.1, 0.15) is 29.5 Å². The third-order valence-corrected chi connectivity index (χ3v) is 14.6. The van der Waals surface area contributed by atoms with Gasteiger partial charge in [-0.1, -0.05) is 43.9 Å². The molecule has 7 atom stereocenters. The van der Waals surface area contributed by atoms with Crippen LogP contribution in [0.3, 0.4) is 0 Å². The first-order valence-corrected chi connectivity index (χ1v) is 21.7. The zero-order chi connectivity index (χ0) is 38.5. The van der Waals surface area contributed by atoms with Gasteiger partial charge >= 0.3 is 5.97 Å². The Kier molecular flexibility index (Phi) is 10.3. The normalized spacial score (nSPS) is 31.5. The number of hydrogen-bond donors (Lipinski definition) is 2. The van der Waals surface area contributed by atoms with Gasteiger partial charge in [0.2, 0.25) is 27.7 Å². The lowest BCUT2D eigenvalue weighted by Crippen LogP contribution is -2.57. The van der Waals surface area contributed by atoms with Crippen LogP contribution in [0, 0.1) is 23.7 Å². The fourth-order valence-electron chi connectivity index (χ4n) is 9.28. The van der Waals surface area contributed by atoms with Crippen LogP contribution in [-0.4, -0.2) is 84.7 Å². The molecule has 1 aromatic heterocycles. The van der Waals surface area contributed by atoms with Crippen LogP contribution in [0.15, 0.2) is 36.9 Å². The zero-order valence-corrected chi connectivity index (χ0v) is 32.3. The van der Waals surface area contributed by atoms with Crippen LogP contribution in [0.4, 0.5) is 0 Å². The first-order chi connectivity index (χ1) is 26.5. The van der Waals surface area contributed by atoms with Crippen molar-refractivity contribution in [3.05, 3.63) is 42.5 Å². The van der Waals surface area contributed by atoms with Gasteiger partial charge in [-0.05, 0) is 81.8 Å². The van der Waals surface area contributed by atoms with Crippen LogP contribution in [0.2, 0.25) is 0 Å². The molecule has 4 saturated carbocycles. The molecule has 296 valence electrons. The van der Waals surface area contributed by atoms with E-state index in [1.54, 1.807) is 7.11 Å². The summed E-state index contributed by atoms with van der Waals surface area (Å²) in [6.45, 7) is 3.87. The zero-order valence-electron chi connectivity index (χ0n) is 31.5. The molecule has 4 aliphatic carbocycles. The van der Waals surface area contributed by atoms with E-state index in [2.05, 4.69) is 16.6 Å². The van der Waals surface area contributed by atoms with Gasteiger partial charge in [-0.3, -0.25) is 23.9 Å². The summed E-state index contributed by atoms with van der Waals surface area (Å²) in [7, 11) is -2.25. The molecule has 14 heteroatoms. The lowest BCUT2D eigenvalue weighted by Gasteiger charge is -2.31. The number of rotatable bonds is 8. The number of aromatic nitrogens is 1. The Bertz CT molecular complexity index is 1980. The van der Waals surface area contributed by atoms with Gasteiger partial charge in [-0.2, -0.15) is 0 Å². The van der Waals surface area contributed by atoms with Crippen molar-refractivity contribution >= 4 is 44.6 Å². The quantitative estimate of drug-likeness (QED) is 0.288. The molecule has 8 rings (SSSR count). The SMILES string of the molecule is C=C[C@@H]1C[C@]1(NC(=O)[C@@H]1C[C@@H]2CN1C(=O)[C@H](C1CCCC1)CC(=O)O[C@@H]1C[C@H]1CCCCCc1c(nc3ccccc3c1OC)O2)C(=O)NS(=O)(=O)C1CC1. The third kappa shape index (κ3) is 7.67. The average Bonchev–Trinajstić information content (AvgIpc) is 4.13. The van der Waals surface area contributed by atoms with Gasteiger partial charge in [0.05, 0.1) is 42.3 Å². The summed E-state index contributed by atoms with van der Waals surface area (Å²) in [4.78, 5) is 62.8. The maximum atomic E-state index is 14.8. The van der Waals surface area contributed by atoms with Crippen LogP contribution in [0.1, 0.15) is 95.5 Å². The van der Waals surface area contributed by atoms with Crippen molar-refractivity contribution < 1.29 is 41.8 Å². The highest BCUT2D eigenvalue weighted by Crippen LogP contribution is 2.46. The molecule has 2 aliphatic heterocycles. The van der Waals surface area contributed by atoms with Gasteiger partial charge in [0, 0.05) is 17.7 Å². The Morgan fingerprint density at radius 3 is 2.47 bits per heavy atom. The Hall–Kier alpha value is -4.20. The number of hydrogen-bond acceptors (Lipinski definition) is 10. The number of esters is 1. The maximum absolute atomic E-state index is 14.8. The second kappa shape index (κ2) is 15.0. The van der Waals surface area contributed by atoms with Crippen LogP contribution >= 0.6 is 0 Å². The molecule has 0 radical (unpaired) electrons. The number of fused-ring (bicyclic) bond motifs is 5. The Labute approximate surface area is 322 Å². The van der Waals surface area contributed by atoms with Gasteiger partial charge in [0.15, 0.2) is 0 Å². The molecule has 3 heterocycles.